The average Bonchev–Trinajstić information content (AvgIpc) is 2.30. The molecule has 1 aromatic carbocycles. The molecular formula is C12H14N2OS. The number of aliphatic hydroxyl groups is 1. The number of fused-ring (bicyclic) bond motifs is 1. The highest BCUT2D eigenvalue weighted by molar-refractivity contribution is 7.98. The van der Waals surface area contributed by atoms with Crippen molar-refractivity contribution in [3.63, 3.8) is 0 Å². The first kappa shape index (κ1) is 11.4. The van der Waals surface area contributed by atoms with Gasteiger partial charge in [0.1, 0.15) is 0 Å². The maximum absolute atomic E-state index is 8.73. The van der Waals surface area contributed by atoms with E-state index in [4.69, 9.17) is 5.11 Å². The maximum atomic E-state index is 8.73. The Kier molecular flexibility index (Phi) is 3.74. The first-order valence-corrected chi connectivity index (χ1v) is 6.37. The smallest absolute Gasteiger partial charge is 0.0890 e. The lowest BCUT2D eigenvalue weighted by atomic mass is 10.2. The minimum atomic E-state index is 0.213. The fraction of sp³-hybridized carbons (Fsp3) is 0.333. The highest BCUT2D eigenvalue weighted by Crippen LogP contribution is 2.16. The van der Waals surface area contributed by atoms with Crippen LogP contribution in [-0.4, -0.2) is 27.4 Å². The van der Waals surface area contributed by atoms with E-state index in [9.17, 15) is 0 Å². The molecule has 0 unspecified atom stereocenters. The van der Waals surface area contributed by atoms with Crippen LogP contribution in [0.3, 0.4) is 0 Å². The molecule has 0 atom stereocenters. The van der Waals surface area contributed by atoms with Crippen LogP contribution in [-0.2, 0) is 5.75 Å². The lowest BCUT2D eigenvalue weighted by Gasteiger charge is -2.05. The zero-order valence-corrected chi connectivity index (χ0v) is 10.00. The summed E-state index contributed by atoms with van der Waals surface area (Å²) in [4.78, 5) is 9.10. The van der Waals surface area contributed by atoms with Gasteiger partial charge in [-0.15, -0.1) is 0 Å². The van der Waals surface area contributed by atoms with Crippen LogP contribution >= 0.6 is 11.8 Å². The standard InChI is InChI=1S/C12H14N2OS/c1-9-12(8-16-7-6-15)14-11-5-3-2-4-10(11)13-9/h2-5,15H,6-8H2,1H3. The second-order valence-corrected chi connectivity index (χ2v) is 4.63. The van der Waals surface area contributed by atoms with Gasteiger partial charge in [-0.05, 0) is 19.1 Å². The van der Waals surface area contributed by atoms with Gasteiger partial charge in [-0.3, -0.25) is 0 Å². The minimum absolute atomic E-state index is 0.213. The van der Waals surface area contributed by atoms with Gasteiger partial charge in [-0.1, -0.05) is 12.1 Å². The number of hydrogen-bond donors (Lipinski definition) is 1. The van der Waals surface area contributed by atoms with Gasteiger partial charge in [0.25, 0.3) is 0 Å². The zero-order chi connectivity index (χ0) is 11.4. The number of aryl methyl sites for hydroxylation is 1. The lowest BCUT2D eigenvalue weighted by molar-refractivity contribution is 0.322. The van der Waals surface area contributed by atoms with Crippen molar-refractivity contribution in [3.8, 4) is 0 Å². The van der Waals surface area contributed by atoms with Crippen LogP contribution < -0.4 is 0 Å². The summed E-state index contributed by atoms with van der Waals surface area (Å²) in [5.74, 6) is 1.55. The molecule has 1 aromatic heterocycles. The summed E-state index contributed by atoms with van der Waals surface area (Å²) in [6.45, 7) is 2.19. The SMILES string of the molecule is Cc1nc2ccccc2nc1CSCCO. The molecule has 0 saturated heterocycles. The molecule has 0 radical (unpaired) electrons. The second-order valence-electron chi connectivity index (χ2n) is 3.52. The van der Waals surface area contributed by atoms with Gasteiger partial charge in [-0.2, -0.15) is 11.8 Å². The van der Waals surface area contributed by atoms with E-state index in [1.54, 1.807) is 11.8 Å². The summed E-state index contributed by atoms with van der Waals surface area (Å²) in [5.41, 5.74) is 3.87. The van der Waals surface area contributed by atoms with E-state index in [1.165, 1.54) is 0 Å². The summed E-state index contributed by atoms with van der Waals surface area (Å²) in [7, 11) is 0. The molecule has 0 saturated carbocycles. The van der Waals surface area contributed by atoms with Gasteiger partial charge in [-0.25, -0.2) is 9.97 Å². The minimum Gasteiger partial charge on any atom is -0.396 e. The van der Waals surface area contributed by atoms with Crippen molar-refractivity contribution >= 4 is 22.8 Å². The third kappa shape index (κ3) is 2.51. The van der Waals surface area contributed by atoms with E-state index >= 15 is 0 Å². The predicted molar refractivity (Wildman–Crippen MR) is 67.5 cm³/mol. The summed E-state index contributed by atoms with van der Waals surface area (Å²) < 4.78 is 0. The fourth-order valence-corrected chi connectivity index (χ4v) is 2.24. The van der Waals surface area contributed by atoms with Crippen molar-refractivity contribution in [2.45, 2.75) is 12.7 Å². The monoisotopic (exact) mass is 234 g/mol. The second kappa shape index (κ2) is 5.27. The van der Waals surface area contributed by atoms with Crippen LogP contribution in [0.25, 0.3) is 11.0 Å². The number of rotatable bonds is 4. The molecule has 0 aliphatic heterocycles. The molecule has 2 rings (SSSR count). The maximum Gasteiger partial charge on any atom is 0.0890 e. The van der Waals surface area contributed by atoms with Gasteiger partial charge in [0.05, 0.1) is 29.0 Å². The summed E-state index contributed by atoms with van der Waals surface area (Å²) >= 11 is 1.68. The van der Waals surface area contributed by atoms with E-state index in [0.29, 0.717) is 0 Å². The number of hydrogen-bond acceptors (Lipinski definition) is 4. The van der Waals surface area contributed by atoms with E-state index in [1.807, 2.05) is 31.2 Å². The zero-order valence-electron chi connectivity index (χ0n) is 9.18. The molecule has 2 aromatic rings. The van der Waals surface area contributed by atoms with Crippen molar-refractivity contribution in [3.05, 3.63) is 35.7 Å². The Bertz CT molecular complexity index is 487. The Labute approximate surface area is 98.9 Å². The third-order valence-electron chi connectivity index (χ3n) is 2.32. The van der Waals surface area contributed by atoms with Gasteiger partial charge in [0.15, 0.2) is 0 Å². The largest absolute Gasteiger partial charge is 0.396 e. The Morgan fingerprint density at radius 3 is 2.56 bits per heavy atom. The Morgan fingerprint density at radius 2 is 1.88 bits per heavy atom. The molecule has 0 bridgehead atoms. The molecule has 0 aliphatic carbocycles. The molecule has 0 aliphatic rings. The Hall–Kier alpha value is -1.13. The Balaban J connectivity index is 2.27. The normalized spacial score (nSPS) is 10.9. The molecule has 3 nitrogen and oxygen atoms in total. The molecule has 1 N–H and O–H groups in total. The first-order chi connectivity index (χ1) is 7.81. The molecule has 0 amide bonds. The number of thioether (sulfide) groups is 1. The van der Waals surface area contributed by atoms with Gasteiger partial charge < -0.3 is 5.11 Å². The van der Waals surface area contributed by atoms with Crippen LogP contribution in [0.1, 0.15) is 11.4 Å². The topological polar surface area (TPSA) is 46.0 Å². The molecule has 84 valence electrons. The van der Waals surface area contributed by atoms with Gasteiger partial charge in [0.2, 0.25) is 0 Å². The summed E-state index contributed by atoms with van der Waals surface area (Å²) in [6, 6.07) is 7.88. The molecule has 4 heteroatoms. The summed E-state index contributed by atoms with van der Waals surface area (Å²) in [6.07, 6.45) is 0. The van der Waals surface area contributed by atoms with Crippen LogP contribution in [0.2, 0.25) is 0 Å². The molecular weight excluding hydrogens is 220 g/mol. The molecule has 0 spiro atoms. The quantitative estimate of drug-likeness (QED) is 0.823. The van der Waals surface area contributed by atoms with E-state index < -0.39 is 0 Å². The van der Waals surface area contributed by atoms with Crippen molar-refractivity contribution in [2.24, 2.45) is 0 Å². The third-order valence-corrected chi connectivity index (χ3v) is 3.27. The van der Waals surface area contributed by atoms with Crippen molar-refractivity contribution in [2.75, 3.05) is 12.4 Å². The van der Waals surface area contributed by atoms with E-state index in [0.717, 1.165) is 33.9 Å². The molecule has 16 heavy (non-hydrogen) atoms. The number of aliphatic hydroxyl groups excluding tert-OH is 1. The Morgan fingerprint density at radius 1 is 1.19 bits per heavy atom. The van der Waals surface area contributed by atoms with Crippen LogP contribution in [0.5, 0.6) is 0 Å². The van der Waals surface area contributed by atoms with E-state index in [2.05, 4.69) is 9.97 Å². The number of aromatic nitrogens is 2. The lowest BCUT2D eigenvalue weighted by Crippen LogP contribution is -1.98. The highest BCUT2D eigenvalue weighted by Gasteiger charge is 2.04. The van der Waals surface area contributed by atoms with E-state index in [-0.39, 0.29) is 6.61 Å². The highest BCUT2D eigenvalue weighted by atomic mass is 32.2. The predicted octanol–water partition coefficient (Wildman–Crippen LogP) is 2.16. The number of benzene rings is 1. The summed E-state index contributed by atoms with van der Waals surface area (Å²) in [5, 5.41) is 8.73. The molecule has 0 fully saturated rings. The fourth-order valence-electron chi connectivity index (χ4n) is 1.49. The average molecular weight is 234 g/mol. The van der Waals surface area contributed by atoms with Crippen molar-refractivity contribution < 1.29 is 5.11 Å². The van der Waals surface area contributed by atoms with Gasteiger partial charge >= 0.3 is 0 Å². The number of para-hydroxylation sites is 2. The van der Waals surface area contributed by atoms with Crippen molar-refractivity contribution in [1.82, 2.24) is 9.97 Å². The molecule has 1 heterocycles. The van der Waals surface area contributed by atoms with Gasteiger partial charge in [0, 0.05) is 11.5 Å². The van der Waals surface area contributed by atoms with Crippen LogP contribution in [0, 0.1) is 6.92 Å². The first-order valence-electron chi connectivity index (χ1n) is 5.22. The van der Waals surface area contributed by atoms with Crippen LogP contribution in [0.15, 0.2) is 24.3 Å². The van der Waals surface area contributed by atoms with Crippen molar-refractivity contribution in [1.29, 1.82) is 0 Å². The number of nitrogens with zero attached hydrogens (tertiary/aromatic N) is 2. The van der Waals surface area contributed by atoms with Crippen LogP contribution in [0.4, 0.5) is 0 Å².